The van der Waals surface area contributed by atoms with E-state index in [0.717, 1.165) is 0 Å². The van der Waals surface area contributed by atoms with Crippen LogP contribution in [0.15, 0.2) is 34.2 Å². The summed E-state index contributed by atoms with van der Waals surface area (Å²) in [6.45, 7) is 5.68. The minimum atomic E-state index is -0.450. The van der Waals surface area contributed by atoms with Gasteiger partial charge in [0.05, 0.1) is 25.2 Å². The van der Waals surface area contributed by atoms with E-state index in [4.69, 9.17) is 9.47 Å². The van der Waals surface area contributed by atoms with Crippen molar-refractivity contribution in [1.82, 2.24) is 9.97 Å². The molecule has 8 heteroatoms. The molecular formula is C18H23N3O4S. The summed E-state index contributed by atoms with van der Waals surface area (Å²) in [5.74, 6) is 1.04. The summed E-state index contributed by atoms with van der Waals surface area (Å²) >= 11 is 1.20. The van der Waals surface area contributed by atoms with E-state index in [1.54, 1.807) is 32.2 Å². The number of aromatic nitrogens is 2. The van der Waals surface area contributed by atoms with Crippen LogP contribution in [0.25, 0.3) is 0 Å². The third-order valence-electron chi connectivity index (χ3n) is 3.64. The molecule has 0 saturated carbocycles. The third-order valence-corrected chi connectivity index (χ3v) is 4.62. The predicted molar refractivity (Wildman–Crippen MR) is 102 cm³/mol. The van der Waals surface area contributed by atoms with Gasteiger partial charge in [-0.3, -0.25) is 9.59 Å². The predicted octanol–water partition coefficient (Wildman–Crippen LogP) is 3.03. The number of nitrogens with one attached hydrogen (secondary N) is 2. The molecule has 26 heavy (non-hydrogen) atoms. The number of anilines is 1. The Labute approximate surface area is 156 Å². The standard InChI is InChI=1S/C18H23N3O4S/c1-10(2)13-9-16(22)21-18(20-13)26-11(3)17(23)19-12-6-7-14(24-4)15(8-12)25-5/h6-11H,1-5H3,(H,19,23)(H,20,21,22). The first-order valence-electron chi connectivity index (χ1n) is 8.14. The second-order valence-corrected chi connectivity index (χ2v) is 7.28. The fourth-order valence-electron chi connectivity index (χ4n) is 2.18. The Bertz CT molecular complexity index is 835. The second-order valence-electron chi connectivity index (χ2n) is 5.95. The Morgan fingerprint density at radius 1 is 1.15 bits per heavy atom. The van der Waals surface area contributed by atoms with Gasteiger partial charge in [0.1, 0.15) is 0 Å². The largest absolute Gasteiger partial charge is 0.493 e. The Hall–Kier alpha value is -2.48. The highest BCUT2D eigenvalue weighted by Crippen LogP contribution is 2.30. The van der Waals surface area contributed by atoms with Crippen molar-refractivity contribution in [2.75, 3.05) is 19.5 Å². The van der Waals surface area contributed by atoms with Crippen molar-refractivity contribution in [2.45, 2.75) is 37.1 Å². The molecule has 0 spiro atoms. The van der Waals surface area contributed by atoms with E-state index in [9.17, 15) is 9.59 Å². The first-order chi connectivity index (χ1) is 12.3. The van der Waals surface area contributed by atoms with Crippen molar-refractivity contribution in [3.05, 3.63) is 40.3 Å². The Morgan fingerprint density at radius 3 is 2.46 bits per heavy atom. The van der Waals surface area contributed by atoms with Gasteiger partial charge >= 0.3 is 0 Å². The quantitative estimate of drug-likeness (QED) is 0.569. The second kappa shape index (κ2) is 8.75. The summed E-state index contributed by atoms with van der Waals surface area (Å²) in [5.41, 5.74) is 1.07. The fourth-order valence-corrected chi connectivity index (χ4v) is 3.00. The van der Waals surface area contributed by atoms with Crippen molar-refractivity contribution >= 4 is 23.4 Å². The Morgan fingerprint density at radius 2 is 1.85 bits per heavy atom. The lowest BCUT2D eigenvalue weighted by molar-refractivity contribution is -0.115. The van der Waals surface area contributed by atoms with Gasteiger partial charge in [-0.2, -0.15) is 0 Å². The topological polar surface area (TPSA) is 93.3 Å². The van der Waals surface area contributed by atoms with Crippen LogP contribution < -0.4 is 20.3 Å². The molecule has 0 aliphatic rings. The Balaban J connectivity index is 2.10. The lowest BCUT2D eigenvalue weighted by Crippen LogP contribution is -2.23. The lowest BCUT2D eigenvalue weighted by Gasteiger charge is -2.14. The first kappa shape index (κ1) is 19.8. The molecular weight excluding hydrogens is 354 g/mol. The van der Waals surface area contributed by atoms with E-state index in [1.807, 2.05) is 13.8 Å². The summed E-state index contributed by atoms with van der Waals surface area (Å²) in [5, 5.41) is 2.80. The molecule has 0 aliphatic heterocycles. The maximum atomic E-state index is 12.5. The van der Waals surface area contributed by atoms with Gasteiger partial charge in [0.2, 0.25) is 5.91 Å². The number of aromatic amines is 1. The zero-order chi connectivity index (χ0) is 19.3. The lowest BCUT2D eigenvalue weighted by atomic mass is 10.1. The minimum absolute atomic E-state index is 0.132. The molecule has 0 aliphatic carbocycles. The van der Waals surface area contributed by atoms with Crippen LogP contribution in [0.1, 0.15) is 32.4 Å². The van der Waals surface area contributed by atoms with Crippen molar-refractivity contribution in [2.24, 2.45) is 0 Å². The average molecular weight is 377 g/mol. The van der Waals surface area contributed by atoms with E-state index in [2.05, 4.69) is 15.3 Å². The van der Waals surface area contributed by atoms with Gasteiger partial charge in [-0.1, -0.05) is 25.6 Å². The van der Waals surface area contributed by atoms with Crippen molar-refractivity contribution < 1.29 is 14.3 Å². The van der Waals surface area contributed by atoms with Crippen molar-refractivity contribution in [3.63, 3.8) is 0 Å². The summed E-state index contributed by atoms with van der Waals surface area (Å²) < 4.78 is 10.4. The smallest absolute Gasteiger partial charge is 0.251 e. The summed E-state index contributed by atoms with van der Waals surface area (Å²) in [4.78, 5) is 31.3. The highest BCUT2D eigenvalue weighted by Gasteiger charge is 2.17. The zero-order valence-corrected chi connectivity index (χ0v) is 16.3. The molecule has 7 nitrogen and oxygen atoms in total. The number of nitrogens with zero attached hydrogens (tertiary/aromatic N) is 1. The SMILES string of the molecule is COc1ccc(NC(=O)C(C)Sc2nc(C(C)C)cc(=O)[nH]2)cc1OC. The number of carbonyl (C=O) groups is 1. The number of methoxy groups -OCH3 is 2. The molecule has 0 bridgehead atoms. The van der Waals surface area contributed by atoms with Gasteiger partial charge in [-0.15, -0.1) is 0 Å². The highest BCUT2D eigenvalue weighted by atomic mass is 32.2. The minimum Gasteiger partial charge on any atom is -0.493 e. The monoisotopic (exact) mass is 377 g/mol. The molecule has 1 unspecified atom stereocenters. The van der Waals surface area contributed by atoms with E-state index in [1.165, 1.54) is 24.9 Å². The fraction of sp³-hybridized carbons (Fsp3) is 0.389. The number of amides is 1. The highest BCUT2D eigenvalue weighted by molar-refractivity contribution is 8.00. The summed E-state index contributed by atoms with van der Waals surface area (Å²) in [6, 6.07) is 6.62. The van der Waals surface area contributed by atoms with Gasteiger partial charge in [0.15, 0.2) is 16.7 Å². The number of rotatable bonds is 7. The molecule has 1 amide bonds. The molecule has 2 aromatic rings. The van der Waals surface area contributed by atoms with Crippen LogP contribution in [0, 0.1) is 0 Å². The molecule has 1 aromatic heterocycles. The van der Waals surface area contributed by atoms with Gasteiger partial charge in [-0.25, -0.2) is 4.98 Å². The van der Waals surface area contributed by atoms with E-state index in [0.29, 0.717) is 28.0 Å². The number of H-pyrrole nitrogens is 1. The van der Waals surface area contributed by atoms with E-state index >= 15 is 0 Å². The molecule has 1 atom stereocenters. The van der Waals surface area contributed by atoms with E-state index < -0.39 is 5.25 Å². The van der Waals surface area contributed by atoms with Gasteiger partial charge < -0.3 is 19.8 Å². The number of carbonyl (C=O) groups excluding carboxylic acids is 1. The van der Waals surface area contributed by atoms with Crippen LogP contribution in [0.4, 0.5) is 5.69 Å². The molecule has 2 rings (SSSR count). The number of ether oxygens (including phenoxy) is 2. The maximum Gasteiger partial charge on any atom is 0.251 e. The zero-order valence-electron chi connectivity index (χ0n) is 15.5. The number of hydrogen-bond donors (Lipinski definition) is 2. The van der Waals surface area contributed by atoms with Gasteiger partial charge in [0, 0.05) is 17.8 Å². The van der Waals surface area contributed by atoms with Gasteiger partial charge in [-0.05, 0) is 25.0 Å². The molecule has 2 N–H and O–H groups in total. The number of benzene rings is 1. The average Bonchev–Trinajstić information content (AvgIpc) is 2.60. The van der Waals surface area contributed by atoms with Crippen LogP contribution in [0.2, 0.25) is 0 Å². The van der Waals surface area contributed by atoms with Crippen LogP contribution in [0.3, 0.4) is 0 Å². The molecule has 1 heterocycles. The Kier molecular flexibility index (Phi) is 6.68. The van der Waals surface area contributed by atoms with E-state index in [-0.39, 0.29) is 17.4 Å². The number of thioether (sulfide) groups is 1. The van der Waals surface area contributed by atoms with Gasteiger partial charge in [0.25, 0.3) is 5.56 Å². The molecule has 0 saturated heterocycles. The number of hydrogen-bond acceptors (Lipinski definition) is 6. The molecule has 0 fully saturated rings. The molecule has 0 radical (unpaired) electrons. The van der Waals surface area contributed by atoms with Crippen LogP contribution in [0.5, 0.6) is 11.5 Å². The summed E-state index contributed by atoms with van der Waals surface area (Å²) in [7, 11) is 3.08. The van der Waals surface area contributed by atoms with Crippen LogP contribution in [-0.4, -0.2) is 35.3 Å². The third kappa shape index (κ3) is 5.01. The van der Waals surface area contributed by atoms with Crippen molar-refractivity contribution in [1.29, 1.82) is 0 Å². The van der Waals surface area contributed by atoms with Crippen LogP contribution in [-0.2, 0) is 4.79 Å². The van der Waals surface area contributed by atoms with Crippen LogP contribution >= 0.6 is 11.8 Å². The maximum absolute atomic E-state index is 12.5. The van der Waals surface area contributed by atoms with Crippen molar-refractivity contribution in [3.8, 4) is 11.5 Å². The first-order valence-corrected chi connectivity index (χ1v) is 9.02. The molecule has 1 aromatic carbocycles. The normalized spacial score (nSPS) is 11.9. The molecule has 140 valence electrons. The summed E-state index contributed by atoms with van der Waals surface area (Å²) in [6.07, 6.45) is 0.